The number of carbonyl (C=O) groups excluding carboxylic acids is 1. The van der Waals surface area contributed by atoms with Gasteiger partial charge in [-0.3, -0.25) is 4.79 Å². The van der Waals surface area contributed by atoms with Crippen LogP contribution in [0, 0.1) is 0 Å². The van der Waals surface area contributed by atoms with Crippen molar-refractivity contribution in [3.63, 3.8) is 0 Å². The number of carbonyl (C=O) groups is 1. The number of ether oxygens (including phenoxy) is 2. The van der Waals surface area contributed by atoms with Gasteiger partial charge in [0.05, 0.1) is 20.4 Å². The molecule has 0 aliphatic heterocycles. The molecule has 5 heteroatoms. The van der Waals surface area contributed by atoms with Crippen molar-refractivity contribution in [1.82, 2.24) is 5.43 Å². The Kier molecular flexibility index (Phi) is 4.32. The molecule has 1 amide bonds. The van der Waals surface area contributed by atoms with E-state index < -0.39 is 0 Å². The molecule has 5 nitrogen and oxygen atoms in total. The predicted octanol–water partition coefficient (Wildman–Crippen LogP) is 1.17. The molecule has 0 aliphatic carbocycles. The monoisotopic (exact) mass is 222 g/mol. The van der Waals surface area contributed by atoms with Crippen LogP contribution in [0.1, 0.15) is 12.5 Å². The van der Waals surface area contributed by atoms with E-state index in [1.807, 2.05) is 6.07 Å². The van der Waals surface area contributed by atoms with Gasteiger partial charge in [-0.15, -0.1) is 0 Å². The Bertz CT molecular complexity index is 402. The Balaban J connectivity index is 2.82. The second kappa shape index (κ2) is 5.75. The lowest BCUT2D eigenvalue weighted by Gasteiger charge is -2.07. The van der Waals surface area contributed by atoms with Gasteiger partial charge < -0.3 is 9.47 Å². The Morgan fingerprint density at radius 2 is 2.00 bits per heavy atom. The van der Waals surface area contributed by atoms with Crippen molar-refractivity contribution >= 4 is 12.1 Å². The molecule has 1 rings (SSSR count). The second-order valence-electron chi connectivity index (χ2n) is 3.04. The van der Waals surface area contributed by atoms with Gasteiger partial charge in [0, 0.05) is 6.92 Å². The van der Waals surface area contributed by atoms with Crippen LogP contribution < -0.4 is 14.9 Å². The first-order chi connectivity index (χ1) is 7.67. The lowest BCUT2D eigenvalue weighted by Crippen LogP contribution is -2.12. The average Bonchev–Trinajstić information content (AvgIpc) is 2.28. The molecule has 1 aromatic carbocycles. The Morgan fingerprint density at radius 3 is 2.56 bits per heavy atom. The van der Waals surface area contributed by atoms with Crippen LogP contribution >= 0.6 is 0 Å². The fourth-order valence-corrected chi connectivity index (χ4v) is 1.13. The smallest absolute Gasteiger partial charge is 0.236 e. The summed E-state index contributed by atoms with van der Waals surface area (Å²) in [6.45, 7) is 1.39. The maximum Gasteiger partial charge on any atom is 0.236 e. The Morgan fingerprint density at radius 1 is 1.31 bits per heavy atom. The van der Waals surface area contributed by atoms with E-state index in [1.54, 1.807) is 26.4 Å². The zero-order chi connectivity index (χ0) is 12.0. The normalized spacial score (nSPS) is 10.2. The summed E-state index contributed by atoms with van der Waals surface area (Å²) in [6, 6.07) is 5.35. The van der Waals surface area contributed by atoms with Crippen LogP contribution in [0.5, 0.6) is 11.5 Å². The molecule has 16 heavy (non-hydrogen) atoms. The van der Waals surface area contributed by atoms with Crippen LogP contribution in [0.2, 0.25) is 0 Å². The highest BCUT2D eigenvalue weighted by atomic mass is 16.5. The van der Waals surface area contributed by atoms with Crippen LogP contribution in [-0.4, -0.2) is 26.3 Å². The zero-order valence-corrected chi connectivity index (χ0v) is 9.48. The van der Waals surface area contributed by atoms with Gasteiger partial charge in [0.1, 0.15) is 0 Å². The van der Waals surface area contributed by atoms with Crippen molar-refractivity contribution in [2.45, 2.75) is 6.92 Å². The van der Waals surface area contributed by atoms with Gasteiger partial charge in [0.15, 0.2) is 11.5 Å². The number of nitrogens with zero attached hydrogens (tertiary/aromatic N) is 1. The van der Waals surface area contributed by atoms with Gasteiger partial charge in [0.25, 0.3) is 0 Å². The summed E-state index contributed by atoms with van der Waals surface area (Å²) in [5.41, 5.74) is 3.13. The fraction of sp³-hybridized carbons (Fsp3) is 0.273. The van der Waals surface area contributed by atoms with E-state index in [1.165, 1.54) is 13.1 Å². The summed E-state index contributed by atoms with van der Waals surface area (Å²) in [7, 11) is 3.13. The molecule has 1 N–H and O–H groups in total. The van der Waals surface area contributed by atoms with E-state index in [0.29, 0.717) is 11.5 Å². The highest BCUT2D eigenvalue weighted by Gasteiger charge is 2.02. The third-order valence-electron chi connectivity index (χ3n) is 1.84. The molecular formula is C11H14N2O3. The number of methoxy groups -OCH3 is 2. The van der Waals surface area contributed by atoms with Gasteiger partial charge in [0.2, 0.25) is 5.91 Å². The summed E-state index contributed by atoms with van der Waals surface area (Å²) in [5.74, 6) is 1.06. The minimum Gasteiger partial charge on any atom is -0.493 e. The minimum absolute atomic E-state index is 0.211. The first kappa shape index (κ1) is 12.0. The first-order valence-electron chi connectivity index (χ1n) is 4.69. The van der Waals surface area contributed by atoms with Crippen molar-refractivity contribution in [3.05, 3.63) is 23.8 Å². The average molecular weight is 222 g/mol. The molecule has 0 atom stereocenters. The molecule has 0 fully saturated rings. The molecule has 0 saturated carbocycles. The van der Waals surface area contributed by atoms with Crippen molar-refractivity contribution in [2.24, 2.45) is 5.10 Å². The summed E-state index contributed by atoms with van der Waals surface area (Å²) in [4.78, 5) is 10.6. The van der Waals surface area contributed by atoms with E-state index in [0.717, 1.165) is 5.56 Å². The number of rotatable bonds is 4. The van der Waals surface area contributed by atoms with Crippen molar-refractivity contribution < 1.29 is 14.3 Å². The molecule has 0 unspecified atom stereocenters. The highest BCUT2D eigenvalue weighted by Crippen LogP contribution is 2.26. The highest BCUT2D eigenvalue weighted by molar-refractivity contribution is 5.82. The van der Waals surface area contributed by atoms with Crippen molar-refractivity contribution in [3.8, 4) is 11.5 Å². The van der Waals surface area contributed by atoms with Gasteiger partial charge in [-0.25, -0.2) is 5.43 Å². The lowest BCUT2D eigenvalue weighted by molar-refractivity contribution is -0.118. The molecular weight excluding hydrogens is 208 g/mol. The fourth-order valence-electron chi connectivity index (χ4n) is 1.13. The number of hydrogen-bond donors (Lipinski definition) is 1. The van der Waals surface area contributed by atoms with Crippen LogP contribution in [-0.2, 0) is 4.79 Å². The molecule has 0 saturated heterocycles. The quantitative estimate of drug-likeness (QED) is 0.614. The number of nitrogens with one attached hydrogen (secondary N) is 1. The second-order valence-corrected chi connectivity index (χ2v) is 3.04. The Hall–Kier alpha value is -2.04. The standard InChI is InChI=1S/C11H14N2O3/c1-8(14)13-12-7-9-4-5-10(15-2)11(6-9)16-3/h4-7H,1-3H3,(H,13,14)/b12-7+. The third-order valence-corrected chi connectivity index (χ3v) is 1.84. The SMILES string of the molecule is COc1ccc(/C=N/NC(C)=O)cc1OC. The molecule has 0 spiro atoms. The summed E-state index contributed by atoms with van der Waals surface area (Å²) in [5, 5.41) is 3.75. The maximum atomic E-state index is 10.6. The molecule has 0 radical (unpaired) electrons. The van der Waals surface area contributed by atoms with Crippen LogP contribution in [0.3, 0.4) is 0 Å². The summed E-state index contributed by atoms with van der Waals surface area (Å²) < 4.78 is 10.2. The molecule has 86 valence electrons. The predicted molar refractivity (Wildman–Crippen MR) is 61.0 cm³/mol. The number of hydrogen-bond acceptors (Lipinski definition) is 4. The molecule has 0 bridgehead atoms. The van der Waals surface area contributed by atoms with E-state index >= 15 is 0 Å². The summed E-state index contributed by atoms with van der Waals surface area (Å²) >= 11 is 0. The van der Waals surface area contributed by atoms with Crippen molar-refractivity contribution in [2.75, 3.05) is 14.2 Å². The Labute approximate surface area is 94.1 Å². The molecule has 1 aromatic rings. The molecule has 0 aliphatic rings. The first-order valence-corrected chi connectivity index (χ1v) is 4.69. The van der Waals surface area contributed by atoms with E-state index in [4.69, 9.17) is 9.47 Å². The zero-order valence-electron chi connectivity index (χ0n) is 9.48. The van der Waals surface area contributed by atoms with Crippen LogP contribution in [0.15, 0.2) is 23.3 Å². The van der Waals surface area contributed by atoms with E-state index in [-0.39, 0.29) is 5.91 Å². The maximum absolute atomic E-state index is 10.6. The summed E-state index contributed by atoms with van der Waals surface area (Å²) in [6.07, 6.45) is 1.53. The van der Waals surface area contributed by atoms with E-state index in [9.17, 15) is 4.79 Å². The van der Waals surface area contributed by atoms with Gasteiger partial charge in [-0.1, -0.05) is 0 Å². The van der Waals surface area contributed by atoms with Crippen molar-refractivity contribution in [1.29, 1.82) is 0 Å². The van der Waals surface area contributed by atoms with Crippen LogP contribution in [0.4, 0.5) is 0 Å². The van der Waals surface area contributed by atoms with Gasteiger partial charge in [-0.2, -0.15) is 5.10 Å². The van der Waals surface area contributed by atoms with E-state index in [2.05, 4.69) is 10.5 Å². The number of amides is 1. The molecule has 0 heterocycles. The third kappa shape index (κ3) is 3.27. The molecule has 0 aromatic heterocycles. The van der Waals surface area contributed by atoms with Crippen LogP contribution in [0.25, 0.3) is 0 Å². The largest absolute Gasteiger partial charge is 0.493 e. The number of hydrazone groups is 1. The number of benzene rings is 1. The van der Waals surface area contributed by atoms with Gasteiger partial charge in [-0.05, 0) is 23.8 Å². The minimum atomic E-state index is -0.211. The topological polar surface area (TPSA) is 59.9 Å². The lowest BCUT2D eigenvalue weighted by atomic mass is 10.2. The van der Waals surface area contributed by atoms with Gasteiger partial charge >= 0.3 is 0 Å².